The van der Waals surface area contributed by atoms with Crippen molar-refractivity contribution in [3.63, 3.8) is 0 Å². The van der Waals surface area contributed by atoms with Crippen molar-refractivity contribution in [2.45, 2.75) is 26.8 Å². The van der Waals surface area contributed by atoms with E-state index in [0.29, 0.717) is 53.6 Å². The van der Waals surface area contributed by atoms with Crippen LogP contribution in [0.4, 0.5) is 0 Å². The van der Waals surface area contributed by atoms with Crippen LogP contribution in [0.15, 0.2) is 58.9 Å². The highest BCUT2D eigenvalue weighted by Gasteiger charge is 2.35. The first-order valence-corrected chi connectivity index (χ1v) is 13.1. The largest absolute Gasteiger partial charge is 0.493 e. The van der Waals surface area contributed by atoms with Crippen molar-refractivity contribution in [3.8, 4) is 11.5 Å². The van der Waals surface area contributed by atoms with E-state index in [2.05, 4.69) is 36.9 Å². The van der Waals surface area contributed by atoms with E-state index in [1.54, 1.807) is 44.2 Å². The fourth-order valence-electron chi connectivity index (χ4n) is 3.81. The van der Waals surface area contributed by atoms with Crippen molar-refractivity contribution in [1.29, 1.82) is 0 Å². The molecule has 2 aromatic heterocycles. The molecular formula is C24H22Br2N2O6S. The van der Waals surface area contributed by atoms with E-state index in [1.165, 1.54) is 23.0 Å². The van der Waals surface area contributed by atoms with Gasteiger partial charge in [0.05, 0.1) is 42.2 Å². The summed E-state index contributed by atoms with van der Waals surface area (Å²) in [5.41, 5.74) is 1.08. The maximum Gasteiger partial charge on any atom is 0.338 e. The van der Waals surface area contributed by atoms with Gasteiger partial charge in [0, 0.05) is 10.5 Å². The van der Waals surface area contributed by atoms with Crippen LogP contribution in [0.5, 0.6) is 11.5 Å². The second-order valence-corrected chi connectivity index (χ2v) is 10.0. The van der Waals surface area contributed by atoms with Crippen LogP contribution in [-0.4, -0.2) is 30.9 Å². The van der Waals surface area contributed by atoms with Crippen molar-refractivity contribution >= 4 is 55.2 Å². The van der Waals surface area contributed by atoms with Crippen LogP contribution < -0.4 is 24.4 Å². The molecule has 8 nitrogen and oxygen atoms in total. The van der Waals surface area contributed by atoms with Gasteiger partial charge >= 0.3 is 5.97 Å². The number of carbonyl (C=O) groups is 1. The van der Waals surface area contributed by atoms with Gasteiger partial charge in [-0.3, -0.25) is 9.36 Å². The van der Waals surface area contributed by atoms with E-state index < -0.39 is 12.0 Å². The lowest BCUT2D eigenvalue weighted by atomic mass is 9.95. The number of halogens is 2. The second-order valence-electron chi connectivity index (χ2n) is 7.40. The highest BCUT2D eigenvalue weighted by molar-refractivity contribution is 9.10. The topological polar surface area (TPSA) is 92.3 Å². The molecule has 0 saturated carbocycles. The Balaban J connectivity index is 2.00. The molecule has 0 radical (unpaired) electrons. The summed E-state index contributed by atoms with van der Waals surface area (Å²) in [7, 11) is 1.54. The van der Waals surface area contributed by atoms with Gasteiger partial charge in [0.1, 0.15) is 5.76 Å². The average Bonchev–Trinajstić information content (AvgIpc) is 3.36. The number of esters is 1. The Hall–Kier alpha value is -2.63. The maximum atomic E-state index is 13.7. The molecule has 0 bridgehead atoms. The Morgan fingerprint density at radius 3 is 2.63 bits per heavy atom. The van der Waals surface area contributed by atoms with Crippen LogP contribution >= 0.6 is 43.2 Å². The molecule has 11 heteroatoms. The first-order valence-electron chi connectivity index (χ1n) is 10.7. The lowest BCUT2D eigenvalue weighted by Gasteiger charge is -2.26. The SMILES string of the molecule is CCOC(=O)C1=C(C)N=c2s/c(=C/c3ccc(Br)o3)c(=O)n2[C@H]1c1cc(OC)c(OCC)cc1Br. The highest BCUT2D eigenvalue weighted by Crippen LogP contribution is 2.41. The van der Waals surface area contributed by atoms with Gasteiger partial charge in [0.15, 0.2) is 21.0 Å². The Morgan fingerprint density at radius 2 is 2.00 bits per heavy atom. The summed E-state index contributed by atoms with van der Waals surface area (Å²) in [6.07, 6.45) is 1.66. The Bertz CT molecular complexity index is 1500. The summed E-state index contributed by atoms with van der Waals surface area (Å²) >= 11 is 8.10. The third-order valence-corrected chi connectivity index (χ3v) is 7.36. The number of thiazole rings is 1. The third-order valence-electron chi connectivity index (χ3n) is 5.26. The van der Waals surface area contributed by atoms with Gasteiger partial charge in [0.25, 0.3) is 5.56 Å². The molecule has 0 saturated heterocycles. The number of furan rings is 1. The molecule has 4 rings (SSSR count). The van der Waals surface area contributed by atoms with Gasteiger partial charge < -0.3 is 18.6 Å². The van der Waals surface area contributed by atoms with E-state index in [-0.39, 0.29) is 17.7 Å². The first kappa shape index (κ1) is 25.5. The lowest BCUT2D eigenvalue weighted by Crippen LogP contribution is -2.40. The first-order chi connectivity index (χ1) is 16.8. The quantitative estimate of drug-likeness (QED) is 0.363. The molecule has 0 unspecified atom stereocenters. The Morgan fingerprint density at radius 1 is 1.23 bits per heavy atom. The standard InChI is InChI=1S/C24H22Br2N2O6S/c1-5-32-17-11-15(25)14(10-16(17)31-4)21-20(23(30)33-6-2)12(3)27-24-28(21)22(29)18(35-24)9-13-7-8-19(26)34-13/h7-11,21H,5-6H2,1-4H3/b18-9+/t21-/m0/s1. The van der Waals surface area contributed by atoms with Crippen LogP contribution in [0, 0.1) is 0 Å². The van der Waals surface area contributed by atoms with Gasteiger partial charge in [-0.25, -0.2) is 9.79 Å². The van der Waals surface area contributed by atoms with Gasteiger partial charge in [0.2, 0.25) is 0 Å². The van der Waals surface area contributed by atoms with Crippen molar-refractivity contribution in [2.75, 3.05) is 20.3 Å². The predicted octanol–water partition coefficient (Wildman–Crippen LogP) is 4.32. The van der Waals surface area contributed by atoms with Gasteiger partial charge in [-0.2, -0.15) is 0 Å². The maximum absolute atomic E-state index is 13.7. The summed E-state index contributed by atoms with van der Waals surface area (Å²) < 4.78 is 25.3. The van der Waals surface area contributed by atoms with Gasteiger partial charge in [-0.05, 0) is 66.5 Å². The number of benzene rings is 1. The number of aromatic nitrogens is 1. The van der Waals surface area contributed by atoms with Crippen molar-refractivity contribution in [1.82, 2.24) is 4.57 Å². The Kier molecular flexibility index (Phi) is 7.67. The van der Waals surface area contributed by atoms with E-state index in [0.717, 1.165) is 0 Å². The summed E-state index contributed by atoms with van der Waals surface area (Å²) in [4.78, 5) is 31.8. The van der Waals surface area contributed by atoms with Crippen LogP contribution in [-0.2, 0) is 9.53 Å². The molecule has 0 fully saturated rings. The number of hydrogen-bond acceptors (Lipinski definition) is 8. The van der Waals surface area contributed by atoms with E-state index in [1.807, 2.05) is 6.92 Å². The number of hydrogen-bond donors (Lipinski definition) is 0. The number of carbonyl (C=O) groups excluding carboxylic acids is 1. The monoisotopic (exact) mass is 624 g/mol. The zero-order valence-corrected chi connectivity index (χ0v) is 23.4. The molecule has 35 heavy (non-hydrogen) atoms. The predicted molar refractivity (Wildman–Crippen MR) is 139 cm³/mol. The van der Waals surface area contributed by atoms with Crippen molar-refractivity contribution in [3.05, 3.63) is 75.7 Å². The zero-order chi connectivity index (χ0) is 25.3. The molecular weight excluding hydrogens is 604 g/mol. The van der Waals surface area contributed by atoms with E-state index >= 15 is 0 Å². The molecule has 184 valence electrons. The minimum atomic E-state index is -0.797. The molecule has 3 aromatic rings. The molecule has 3 heterocycles. The zero-order valence-electron chi connectivity index (χ0n) is 19.4. The van der Waals surface area contributed by atoms with Crippen LogP contribution in [0.25, 0.3) is 6.08 Å². The Labute approximate surface area is 221 Å². The average molecular weight is 626 g/mol. The number of allylic oxidation sites excluding steroid dienone is 1. The molecule has 1 aliphatic heterocycles. The highest BCUT2D eigenvalue weighted by atomic mass is 79.9. The molecule has 0 amide bonds. The number of nitrogens with zero attached hydrogens (tertiary/aromatic N) is 2. The lowest BCUT2D eigenvalue weighted by molar-refractivity contribution is -0.139. The number of rotatable bonds is 7. The van der Waals surface area contributed by atoms with E-state index in [4.69, 9.17) is 18.6 Å². The number of fused-ring (bicyclic) bond motifs is 1. The van der Waals surface area contributed by atoms with Crippen molar-refractivity contribution in [2.24, 2.45) is 4.99 Å². The van der Waals surface area contributed by atoms with Crippen LogP contribution in [0.1, 0.15) is 38.1 Å². The molecule has 1 aliphatic rings. The fourth-order valence-corrected chi connectivity index (χ4v) is 5.69. The normalized spacial score (nSPS) is 15.6. The van der Waals surface area contributed by atoms with Gasteiger partial charge in [-0.1, -0.05) is 27.3 Å². The van der Waals surface area contributed by atoms with E-state index in [9.17, 15) is 9.59 Å². The molecule has 0 spiro atoms. The smallest absolute Gasteiger partial charge is 0.338 e. The summed E-state index contributed by atoms with van der Waals surface area (Å²) in [5, 5.41) is 0. The van der Waals surface area contributed by atoms with Gasteiger partial charge in [-0.15, -0.1) is 0 Å². The minimum Gasteiger partial charge on any atom is -0.493 e. The molecule has 0 N–H and O–H groups in total. The molecule has 1 aromatic carbocycles. The van der Waals surface area contributed by atoms with Crippen LogP contribution in [0.3, 0.4) is 0 Å². The van der Waals surface area contributed by atoms with Crippen molar-refractivity contribution < 1.29 is 23.4 Å². The number of methoxy groups -OCH3 is 1. The molecule has 0 aliphatic carbocycles. The fraction of sp³-hybridized carbons (Fsp3) is 0.292. The summed E-state index contributed by atoms with van der Waals surface area (Å²) in [6.45, 7) is 5.98. The number of ether oxygens (including phenoxy) is 3. The minimum absolute atomic E-state index is 0.188. The molecule has 1 atom stereocenters. The van der Waals surface area contributed by atoms with Crippen LogP contribution in [0.2, 0.25) is 0 Å². The summed E-state index contributed by atoms with van der Waals surface area (Å²) in [6, 6.07) is 6.24. The third kappa shape index (κ3) is 4.89. The second kappa shape index (κ2) is 10.5. The summed E-state index contributed by atoms with van der Waals surface area (Å²) in [5.74, 6) is 0.997.